The van der Waals surface area contributed by atoms with Gasteiger partial charge < -0.3 is 24.3 Å². The third-order valence-corrected chi connectivity index (χ3v) is 20.0. The van der Waals surface area contributed by atoms with E-state index in [9.17, 15) is 9.90 Å². The number of carboxylic acid groups (broad SMARTS) is 1. The summed E-state index contributed by atoms with van der Waals surface area (Å²) in [6.45, 7) is 16.6. The Labute approximate surface area is 392 Å². The van der Waals surface area contributed by atoms with E-state index in [2.05, 4.69) is 129 Å². The molecule has 2 atom stereocenters. The molecule has 65 heavy (non-hydrogen) atoms. The fourth-order valence-corrected chi connectivity index (χ4v) is 18.1. The molecule has 2 aromatic heterocycles. The number of alkyl halides is 1. The van der Waals surface area contributed by atoms with Crippen molar-refractivity contribution in [3.8, 4) is 16.9 Å². The maximum Gasteiger partial charge on any atom is 0.355 e. The monoisotopic (exact) mass is 916 g/mol. The van der Waals surface area contributed by atoms with Crippen molar-refractivity contribution in [3.05, 3.63) is 120 Å². The minimum absolute atomic E-state index is 0.0249. The summed E-state index contributed by atoms with van der Waals surface area (Å²) in [5.41, 5.74) is 4.26. The molecule has 4 bridgehead atoms. The Balaban J connectivity index is 1.09. The van der Waals surface area contributed by atoms with Crippen molar-refractivity contribution in [2.24, 2.45) is 16.2 Å². The van der Waals surface area contributed by atoms with Crippen molar-refractivity contribution in [2.45, 2.75) is 123 Å². The van der Waals surface area contributed by atoms with Gasteiger partial charge in [0.1, 0.15) is 11.6 Å². The lowest BCUT2D eigenvalue weighted by molar-refractivity contribution is -0.249. The lowest BCUT2D eigenvalue weighted by Crippen LogP contribution is -2.67. The van der Waals surface area contributed by atoms with Crippen LogP contribution in [0.2, 0.25) is 5.04 Å². The normalized spacial score (nSPS) is 23.8. The molecule has 3 aromatic carbocycles. The van der Waals surface area contributed by atoms with Crippen LogP contribution in [-0.4, -0.2) is 72.5 Å². The van der Waals surface area contributed by atoms with E-state index < -0.39 is 14.3 Å². The summed E-state index contributed by atoms with van der Waals surface area (Å²) in [4.78, 5) is 17.7. The zero-order valence-corrected chi connectivity index (χ0v) is 41.4. The summed E-state index contributed by atoms with van der Waals surface area (Å²) in [6, 6.07) is 33.6. The van der Waals surface area contributed by atoms with E-state index in [4.69, 9.17) is 30.6 Å². The predicted molar refractivity (Wildman–Crippen MR) is 265 cm³/mol. The number of methoxy groups -OCH3 is 1. The van der Waals surface area contributed by atoms with Crippen molar-refractivity contribution >= 4 is 42.1 Å². The number of carboxylic acids is 1. The quantitative estimate of drug-likeness (QED) is 0.0452. The number of unbranched alkanes of at least 4 members (excludes halogenated alkanes) is 2. The second-order valence-corrected chi connectivity index (χ2v) is 26.1. The predicted octanol–water partition coefficient (Wildman–Crippen LogP) is 11.1. The van der Waals surface area contributed by atoms with Gasteiger partial charge in [0.05, 0.1) is 31.6 Å². The number of pyridine rings is 1. The molecule has 0 aliphatic heterocycles. The molecule has 4 fully saturated rings. The number of ether oxygens (including phenoxy) is 2. The average molecular weight is 918 g/mol. The van der Waals surface area contributed by atoms with Crippen molar-refractivity contribution in [3.63, 3.8) is 0 Å². The third kappa shape index (κ3) is 9.69. The summed E-state index contributed by atoms with van der Waals surface area (Å²) in [6.07, 6.45) is 9.86. The van der Waals surface area contributed by atoms with Crippen LogP contribution in [0.1, 0.15) is 120 Å². The van der Waals surface area contributed by atoms with Crippen molar-refractivity contribution in [1.29, 1.82) is 0 Å². The summed E-state index contributed by atoms with van der Waals surface area (Å²) in [5.74, 6) is 0.911. The lowest BCUT2D eigenvalue weighted by Gasteiger charge is -2.69. The Morgan fingerprint density at radius 1 is 0.831 bits per heavy atom. The molecule has 9 nitrogen and oxygen atoms in total. The maximum absolute atomic E-state index is 13.0. The first-order valence-corrected chi connectivity index (χ1v) is 26.1. The SMILES string of the molecule is COc1ccc(Cc2nn(CC34CC5(C)CC(C)(C3)CC(OCCO[Si](c3ccccc3)(c3ccccc3)C(C)(C)C)(C5)C4)c(C)c2-c2ccc(NCCCCCCl)nc2C(=O)O)cc1. The number of halogens is 1. The third-order valence-electron chi connectivity index (χ3n) is 14.7. The first-order chi connectivity index (χ1) is 31.0. The number of rotatable bonds is 20. The Morgan fingerprint density at radius 3 is 2.06 bits per heavy atom. The van der Waals surface area contributed by atoms with Crippen LogP contribution in [0, 0.1) is 23.2 Å². The maximum atomic E-state index is 13.0. The molecular weight excluding hydrogens is 848 g/mol. The zero-order chi connectivity index (χ0) is 46.1. The van der Waals surface area contributed by atoms with E-state index in [1.807, 2.05) is 24.3 Å². The van der Waals surface area contributed by atoms with Crippen molar-refractivity contribution in [1.82, 2.24) is 14.8 Å². The average Bonchev–Trinajstić information content (AvgIpc) is 3.54. The molecule has 11 heteroatoms. The highest BCUT2D eigenvalue weighted by atomic mass is 35.5. The summed E-state index contributed by atoms with van der Waals surface area (Å²) < 4.78 is 22.3. The Kier molecular flexibility index (Phi) is 13.5. The molecule has 4 saturated carbocycles. The number of hydrogen-bond acceptors (Lipinski definition) is 7. The number of anilines is 1. The zero-order valence-electron chi connectivity index (χ0n) is 39.6. The first-order valence-electron chi connectivity index (χ1n) is 23.7. The highest BCUT2D eigenvalue weighted by molar-refractivity contribution is 6.99. The van der Waals surface area contributed by atoms with Crippen molar-refractivity contribution < 1.29 is 23.8 Å². The second-order valence-electron chi connectivity index (χ2n) is 21.4. The van der Waals surface area contributed by atoms with Crippen molar-refractivity contribution in [2.75, 3.05) is 38.1 Å². The first kappa shape index (κ1) is 47.0. The molecule has 4 aliphatic carbocycles. The highest BCUT2D eigenvalue weighted by Crippen LogP contribution is 2.72. The van der Waals surface area contributed by atoms with E-state index >= 15 is 0 Å². The number of nitrogens with zero attached hydrogens (tertiary/aromatic N) is 3. The number of aromatic nitrogens is 3. The largest absolute Gasteiger partial charge is 0.497 e. The van der Waals surface area contributed by atoms with E-state index in [0.717, 1.165) is 86.2 Å². The Morgan fingerprint density at radius 2 is 1.48 bits per heavy atom. The molecule has 0 amide bonds. The van der Waals surface area contributed by atoms with Crippen LogP contribution in [0.5, 0.6) is 5.75 Å². The molecule has 0 spiro atoms. The number of aromatic carboxylic acids is 1. The van der Waals surface area contributed by atoms with Gasteiger partial charge in [0.25, 0.3) is 8.32 Å². The number of hydrogen-bond donors (Lipinski definition) is 2. The van der Waals surface area contributed by atoms with Gasteiger partial charge in [-0.1, -0.05) is 114 Å². The van der Waals surface area contributed by atoms with Gasteiger partial charge in [-0.05, 0) is 120 Å². The molecule has 5 aromatic rings. The molecule has 2 heterocycles. The van der Waals surface area contributed by atoms with Crippen LogP contribution in [0.15, 0.2) is 97.1 Å². The van der Waals surface area contributed by atoms with Crippen LogP contribution in [0.3, 0.4) is 0 Å². The summed E-state index contributed by atoms with van der Waals surface area (Å²) >= 11 is 5.89. The summed E-state index contributed by atoms with van der Waals surface area (Å²) in [5, 5.41) is 21.9. The molecule has 346 valence electrons. The van der Waals surface area contributed by atoms with Gasteiger partial charge >= 0.3 is 5.97 Å². The van der Waals surface area contributed by atoms with E-state index in [1.54, 1.807) is 7.11 Å². The summed E-state index contributed by atoms with van der Waals surface area (Å²) in [7, 11) is -1.04. The van der Waals surface area contributed by atoms with Gasteiger partial charge in [0.2, 0.25) is 0 Å². The van der Waals surface area contributed by atoms with Gasteiger partial charge in [-0.25, -0.2) is 9.78 Å². The van der Waals surface area contributed by atoms with Crippen LogP contribution >= 0.6 is 11.6 Å². The van der Waals surface area contributed by atoms with E-state index in [0.29, 0.717) is 43.4 Å². The molecule has 9 rings (SSSR count). The van der Waals surface area contributed by atoms with Crippen LogP contribution in [0.4, 0.5) is 5.82 Å². The van der Waals surface area contributed by atoms with Crippen LogP contribution < -0.4 is 20.4 Å². The molecule has 2 N–H and O–H groups in total. The molecule has 0 saturated heterocycles. The van der Waals surface area contributed by atoms with Crippen LogP contribution in [0.25, 0.3) is 11.1 Å². The van der Waals surface area contributed by atoms with Gasteiger partial charge in [0.15, 0.2) is 5.69 Å². The topological polar surface area (TPSA) is 108 Å². The van der Waals surface area contributed by atoms with Gasteiger partial charge in [-0.3, -0.25) is 4.68 Å². The van der Waals surface area contributed by atoms with Crippen LogP contribution in [-0.2, 0) is 22.1 Å². The Hall–Kier alpha value is -4.48. The smallest absolute Gasteiger partial charge is 0.355 e. The fourth-order valence-electron chi connectivity index (χ4n) is 13.4. The number of nitrogens with one attached hydrogen (secondary N) is 1. The minimum Gasteiger partial charge on any atom is -0.497 e. The molecule has 2 unspecified atom stereocenters. The lowest BCUT2D eigenvalue weighted by atomic mass is 9.39. The van der Waals surface area contributed by atoms with Gasteiger partial charge in [-0.15, -0.1) is 11.6 Å². The number of carbonyl (C=O) groups is 1. The standard InChI is InChI=1S/C54H69ClN4O5Si/c1-39-47(44-25-26-46(57-48(44)49(60)61)56-28-16-10-15-27-55)45(31-40-21-23-41(62-7)24-22-40)58-59(39)38-53-33-51(5)32-52(6,34-53)36-54(35-51,37-53)63-29-30-64-65(50(2,3)4,42-17-11-8-12-18-42)43-19-13-9-14-20-43/h8-9,11-14,17-26H,10,15-16,27-38H2,1-7H3,(H,56,57)(H,60,61). The fraction of sp³-hybridized carbons (Fsp3) is 0.500. The molecular formula is C54H69ClN4O5Si. The van der Waals surface area contributed by atoms with Gasteiger partial charge in [0, 0.05) is 42.2 Å². The van der Waals surface area contributed by atoms with E-state index in [-0.39, 0.29) is 32.6 Å². The minimum atomic E-state index is -2.71. The molecule has 0 radical (unpaired) electrons. The Bertz CT molecular complexity index is 2380. The number of benzene rings is 3. The van der Waals surface area contributed by atoms with Gasteiger partial charge in [-0.2, -0.15) is 5.10 Å². The second kappa shape index (κ2) is 18.7. The molecule has 4 aliphatic rings. The highest BCUT2D eigenvalue weighted by Gasteiger charge is 2.66. The van der Waals surface area contributed by atoms with E-state index in [1.165, 1.54) is 16.8 Å².